The lowest BCUT2D eigenvalue weighted by Crippen LogP contribution is -2.55. The average Bonchev–Trinajstić information content (AvgIpc) is 2.71. The Kier molecular flexibility index (Phi) is 8.76. The second kappa shape index (κ2) is 10.6. The third-order valence-electron chi connectivity index (χ3n) is 6.11. The largest absolute Gasteiger partial charge is 0.481 e. The number of carbonyl (C=O) groups is 1. The number of carboxylic acids is 1. The number of alkyl halides is 8. The number of aliphatic carboxylic acids is 1. The Balaban J connectivity index is 2.68. The van der Waals surface area contributed by atoms with Crippen molar-refractivity contribution in [3.63, 3.8) is 0 Å². The van der Waals surface area contributed by atoms with Gasteiger partial charge in [0.2, 0.25) is 0 Å². The molecule has 1 heterocycles. The monoisotopic (exact) mass is 527 g/mol. The summed E-state index contributed by atoms with van der Waals surface area (Å²) in [4.78, 5) is 13.1. The lowest BCUT2D eigenvalue weighted by Gasteiger charge is -2.49. The Morgan fingerprint density at radius 1 is 1.11 bits per heavy atom. The summed E-state index contributed by atoms with van der Waals surface area (Å²) in [5, 5.41) is 9.55. The van der Waals surface area contributed by atoms with Gasteiger partial charge >= 0.3 is 18.3 Å². The molecular weight excluding hydrogens is 498 g/mol. The molecule has 2 rings (SSSR count). The maximum Gasteiger partial charge on any atom is 0.416 e. The molecule has 1 aromatic rings. The van der Waals surface area contributed by atoms with Gasteiger partial charge in [0.1, 0.15) is 0 Å². The smallest absolute Gasteiger partial charge is 0.416 e. The summed E-state index contributed by atoms with van der Waals surface area (Å²) in [6, 6.07) is 0.665. The van der Waals surface area contributed by atoms with Crippen LogP contribution in [0.3, 0.4) is 0 Å². The molecule has 1 aliphatic heterocycles. The third-order valence-corrected chi connectivity index (χ3v) is 6.11. The van der Waals surface area contributed by atoms with E-state index in [1.54, 1.807) is 20.8 Å². The van der Waals surface area contributed by atoms with Gasteiger partial charge in [-0.25, -0.2) is 8.78 Å². The first-order valence-corrected chi connectivity index (χ1v) is 11.4. The Hall–Kier alpha value is -2.35. The minimum atomic E-state index is -4.70. The van der Waals surface area contributed by atoms with Crippen LogP contribution in [0.2, 0.25) is 0 Å². The second-order valence-corrected chi connectivity index (χ2v) is 10.2. The van der Waals surface area contributed by atoms with Crippen molar-refractivity contribution in [3.8, 4) is 11.8 Å². The van der Waals surface area contributed by atoms with Gasteiger partial charge in [0.15, 0.2) is 0 Å². The van der Waals surface area contributed by atoms with Crippen LogP contribution in [0.25, 0.3) is 0 Å². The fourth-order valence-corrected chi connectivity index (χ4v) is 4.35. The molecular formula is C25H29F8NO2. The number of rotatable bonds is 6. The number of piperidine rings is 1. The van der Waals surface area contributed by atoms with Crippen molar-refractivity contribution in [2.45, 2.75) is 77.3 Å². The van der Waals surface area contributed by atoms with Gasteiger partial charge < -0.3 is 5.11 Å². The van der Waals surface area contributed by atoms with Crippen molar-refractivity contribution < 1.29 is 45.0 Å². The maximum atomic E-state index is 15.2. The summed E-state index contributed by atoms with van der Waals surface area (Å²) >= 11 is 0. The predicted molar refractivity (Wildman–Crippen MR) is 117 cm³/mol. The Morgan fingerprint density at radius 2 is 1.67 bits per heavy atom. The lowest BCUT2D eigenvalue weighted by molar-refractivity contribution is -0.176. The highest BCUT2D eigenvalue weighted by Gasteiger charge is 2.55. The maximum absolute atomic E-state index is 15.2. The Bertz CT molecular complexity index is 967. The van der Waals surface area contributed by atoms with E-state index >= 15 is 8.78 Å². The van der Waals surface area contributed by atoms with E-state index in [1.807, 2.05) is 0 Å². The van der Waals surface area contributed by atoms with Gasteiger partial charge in [-0.15, -0.1) is 0 Å². The molecule has 0 amide bonds. The van der Waals surface area contributed by atoms with E-state index < -0.39 is 84.9 Å². The van der Waals surface area contributed by atoms with Crippen LogP contribution in [0, 0.1) is 29.1 Å². The summed E-state index contributed by atoms with van der Waals surface area (Å²) in [5.74, 6) is -3.05. The van der Waals surface area contributed by atoms with Crippen LogP contribution < -0.4 is 0 Å². The topological polar surface area (TPSA) is 40.5 Å². The standard InChI is InChI=1S/C25H29F8NO2/c1-15(21(35)36)19-20(16-5-7-17(8-6-16)25(31,32)33)34(14-13-23(19,26)27)18(9-11-22(2,3)4)10-12-24(28,29)30/h5-8,15,18-20H,10,12-14H2,1-4H3,(H,35,36). The Morgan fingerprint density at radius 3 is 2.11 bits per heavy atom. The number of nitrogens with zero attached hydrogens (tertiary/aromatic N) is 1. The van der Waals surface area contributed by atoms with Crippen LogP contribution in [0.15, 0.2) is 24.3 Å². The lowest BCUT2D eigenvalue weighted by atomic mass is 9.73. The van der Waals surface area contributed by atoms with Crippen LogP contribution >= 0.6 is 0 Å². The zero-order chi connectivity index (χ0) is 27.7. The molecule has 11 heteroatoms. The van der Waals surface area contributed by atoms with E-state index in [0.29, 0.717) is 12.1 Å². The van der Waals surface area contributed by atoms with Crippen LogP contribution in [-0.2, 0) is 11.0 Å². The molecule has 0 aliphatic carbocycles. The number of benzene rings is 1. The van der Waals surface area contributed by atoms with Crippen molar-refractivity contribution in [1.29, 1.82) is 0 Å². The van der Waals surface area contributed by atoms with E-state index in [0.717, 1.165) is 19.1 Å². The number of hydrogen-bond acceptors (Lipinski definition) is 2. The van der Waals surface area contributed by atoms with E-state index in [9.17, 15) is 36.2 Å². The summed E-state index contributed by atoms with van der Waals surface area (Å²) in [5.41, 5.74) is -1.72. The van der Waals surface area contributed by atoms with E-state index in [4.69, 9.17) is 0 Å². The fraction of sp³-hybridized carbons (Fsp3) is 0.640. The van der Waals surface area contributed by atoms with Gasteiger partial charge in [0.25, 0.3) is 5.92 Å². The highest BCUT2D eigenvalue weighted by molar-refractivity contribution is 5.70. The quantitative estimate of drug-likeness (QED) is 0.315. The minimum Gasteiger partial charge on any atom is -0.481 e. The molecule has 1 aromatic carbocycles. The molecule has 1 saturated heterocycles. The van der Waals surface area contributed by atoms with Gasteiger partial charge in [-0.1, -0.05) is 30.9 Å². The van der Waals surface area contributed by atoms with Crippen molar-refractivity contribution in [2.75, 3.05) is 6.54 Å². The van der Waals surface area contributed by atoms with Crippen LogP contribution in [0.1, 0.15) is 64.1 Å². The minimum absolute atomic E-state index is 0.0463. The predicted octanol–water partition coefficient (Wildman–Crippen LogP) is 7.19. The van der Waals surface area contributed by atoms with Gasteiger partial charge in [0.05, 0.1) is 23.4 Å². The molecule has 4 atom stereocenters. The zero-order valence-electron chi connectivity index (χ0n) is 20.3. The first kappa shape index (κ1) is 29.9. The molecule has 1 aliphatic rings. The summed E-state index contributed by atoms with van der Waals surface area (Å²) < 4.78 is 109. The van der Waals surface area contributed by atoms with E-state index in [-0.39, 0.29) is 5.56 Å². The van der Waals surface area contributed by atoms with Crippen molar-refractivity contribution in [3.05, 3.63) is 35.4 Å². The molecule has 1 fully saturated rings. The van der Waals surface area contributed by atoms with Gasteiger partial charge in [-0.05, 0) is 44.9 Å². The fourth-order valence-electron chi connectivity index (χ4n) is 4.35. The highest BCUT2D eigenvalue weighted by atomic mass is 19.4. The molecule has 0 aromatic heterocycles. The van der Waals surface area contributed by atoms with E-state index in [2.05, 4.69) is 11.8 Å². The SMILES string of the molecule is CC(C(=O)O)C1C(c2ccc(C(F)(F)F)cc2)N(C(C#CC(C)(C)C)CCC(F)(F)F)CCC1(F)F. The average molecular weight is 527 g/mol. The number of halogens is 8. The van der Waals surface area contributed by atoms with Gasteiger partial charge in [-0.2, -0.15) is 26.3 Å². The van der Waals surface area contributed by atoms with Crippen LogP contribution in [0.4, 0.5) is 35.1 Å². The highest BCUT2D eigenvalue weighted by Crippen LogP contribution is 2.50. The molecule has 0 saturated carbocycles. The first-order chi connectivity index (χ1) is 16.2. The summed E-state index contributed by atoms with van der Waals surface area (Å²) in [6.45, 7) is 5.80. The van der Waals surface area contributed by atoms with Crippen molar-refractivity contribution >= 4 is 5.97 Å². The van der Waals surface area contributed by atoms with Crippen molar-refractivity contribution in [2.24, 2.45) is 17.3 Å². The summed E-state index contributed by atoms with van der Waals surface area (Å²) in [6.07, 6.45) is -11.9. The van der Waals surface area contributed by atoms with Gasteiger partial charge in [0, 0.05) is 30.8 Å². The molecule has 0 spiro atoms. The summed E-state index contributed by atoms with van der Waals surface area (Å²) in [7, 11) is 0. The van der Waals surface area contributed by atoms with Crippen LogP contribution in [-0.4, -0.2) is 40.7 Å². The number of likely N-dealkylation sites (tertiary alicyclic amines) is 1. The molecule has 4 unspecified atom stereocenters. The van der Waals surface area contributed by atoms with Crippen LogP contribution in [0.5, 0.6) is 0 Å². The Labute approximate surface area is 204 Å². The first-order valence-electron chi connectivity index (χ1n) is 11.4. The molecule has 202 valence electrons. The number of hydrogen-bond donors (Lipinski definition) is 1. The second-order valence-electron chi connectivity index (χ2n) is 10.2. The van der Waals surface area contributed by atoms with Crippen molar-refractivity contribution in [1.82, 2.24) is 4.90 Å². The molecule has 36 heavy (non-hydrogen) atoms. The third kappa shape index (κ3) is 7.82. The van der Waals surface area contributed by atoms with Gasteiger partial charge in [-0.3, -0.25) is 9.69 Å². The molecule has 1 N–H and O–H groups in total. The molecule has 3 nitrogen and oxygen atoms in total. The zero-order valence-corrected chi connectivity index (χ0v) is 20.3. The molecule has 0 radical (unpaired) electrons. The van der Waals surface area contributed by atoms with E-state index in [1.165, 1.54) is 4.90 Å². The number of carboxylic acid groups (broad SMARTS) is 1. The molecule has 0 bridgehead atoms. The normalized spacial score (nSPS) is 22.9.